The first-order valence-corrected chi connectivity index (χ1v) is 13.7. The highest BCUT2D eigenvalue weighted by Gasteiger charge is 2.32. The Kier molecular flexibility index (Phi) is 10.1. The maximum atomic E-state index is 13.6. The van der Waals surface area contributed by atoms with E-state index in [4.69, 9.17) is 11.6 Å². The van der Waals surface area contributed by atoms with Crippen LogP contribution in [0.5, 0.6) is 0 Å². The Morgan fingerprint density at radius 1 is 1.09 bits per heavy atom. The van der Waals surface area contributed by atoms with E-state index < -0.39 is 34.3 Å². The van der Waals surface area contributed by atoms with Crippen LogP contribution >= 0.6 is 11.6 Å². The molecule has 0 aliphatic carbocycles. The zero-order valence-electron chi connectivity index (χ0n) is 20.7. The minimum Gasteiger partial charge on any atom is -0.352 e. The van der Waals surface area contributed by atoms with Crippen molar-refractivity contribution in [2.45, 2.75) is 59.2 Å². The second-order valence-electron chi connectivity index (χ2n) is 8.59. The number of nitrogens with zero attached hydrogens (tertiary/aromatic N) is 2. The molecule has 10 heteroatoms. The van der Waals surface area contributed by atoms with Gasteiger partial charge in [-0.1, -0.05) is 43.6 Å². The second-order valence-corrected chi connectivity index (χ2v) is 10.9. The number of sulfonamides is 1. The Morgan fingerprint density at radius 2 is 1.71 bits per heavy atom. The monoisotopic (exact) mass is 525 g/mol. The van der Waals surface area contributed by atoms with Gasteiger partial charge in [0.25, 0.3) is 0 Å². The van der Waals surface area contributed by atoms with E-state index in [1.54, 1.807) is 26.0 Å². The molecular formula is C25H33ClFN3O4S. The average molecular weight is 526 g/mol. The molecule has 0 saturated heterocycles. The molecule has 2 amide bonds. The van der Waals surface area contributed by atoms with Gasteiger partial charge in [0, 0.05) is 17.6 Å². The van der Waals surface area contributed by atoms with Gasteiger partial charge >= 0.3 is 0 Å². The third-order valence-corrected chi connectivity index (χ3v) is 7.32. The van der Waals surface area contributed by atoms with Crippen molar-refractivity contribution in [2.75, 3.05) is 17.1 Å². The van der Waals surface area contributed by atoms with Gasteiger partial charge in [-0.15, -0.1) is 0 Å². The third kappa shape index (κ3) is 7.93. The number of halogens is 2. The number of anilines is 1. The molecular weight excluding hydrogens is 493 g/mol. The molecule has 35 heavy (non-hydrogen) atoms. The number of benzene rings is 2. The number of amides is 2. The van der Waals surface area contributed by atoms with Gasteiger partial charge in [-0.25, -0.2) is 12.8 Å². The highest BCUT2D eigenvalue weighted by molar-refractivity contribution is 7.92. The van der Waals surface area contributed by atoms with Crippen molar-refractivity contribution in [2.24, 2.45) is 0 Å². The van der Waals surface area contributed by atoms with Crippen LogP contribution in [0, 0.1) is 12.7 Å². The summed E-state index contributed by atoms with van der Waals surface area (Å²) in [6.07, 6.45) is 2.03. The van der Waals surface area contributed by atoms with Gasteiger partial charge in [0.2, 0.25) is 21.8 Å². The van der Waals surface area contributed by atoms with Crippen LogP contribution in [0.2, 0.25) is 5.02 Å². The lowest BCUT2D eigenvalue weighted by Crippen LogP contribution is -2.53. The Bertz CT molecular complexity index is 1140. The van der Waals surface area contributed by atoms with Gasteiger partial charge < -0.3 is 10.2 Å². The lowest BCUT2D eigenvalue weighted by molar-refractivity contribution is -0.140. The topological polar surface area (TPSA) is 86.8 Å². The fourth-order valence-corrected chi connectivity index (χ4v) is 4.51. The van der Waals surface area contributed by atoms with E-state index in [2.05, 4.69) is 5.32 Å². The summed E-state index contributed by atoms with van der Waals surface area (Å²) in [5.41, 5.74) is 1.62. The molecule has 0 aliphatic heterocycles. The molecule has 0 fully saturated rings. The lowest BCUT2D eigenvalue weighted by atomic mass is 10.1. The van der Waals surface area contributed by atoms with Crippen LogP contribution in [0.4, 0.5) is 10.1 Å². The first-order valence-electron chi connectivity index (χ1n) is 11.5. The molecule has 0 spiro atoms. The van der Waals surface area contributed by atoms with Gasteiger partial charge in [-0.3, -0.25) is 13.9 Å². The van der Waals surface area contributed by atoms with Crippen molar-refractivity contribution < 1.29 is 22.4 Å². The molecule has 0 saturated carbocycles. The maximum Gasteiger partial charge on any atom is 0.244 e. The molecule has 2 aromatic rings. The quantitative estimate of drug-likeness (QED) is 0.474. The van der Waals surface area contributed by atoms with E-state index in [1.165, 1.54) is 35.2 Å². The van der Waals surface area contributed by atoms with Crippen LogP contribution < -0.4 is 9.62 Å². The fraction of sp³-hybridized carbons (Fsp3) is 0.440. The zero-order chi connectivity index (χ0) is 26.3. The zero-order valence-corrected chi connectivity index (χ0v) is 22.3. The summed E-state index contributed by atoms with van der Waals surface area (Å²) in [6, 6.07) is 9.41. The summed E-state index contributed by atoms with van der Waals surface area (Å²) < 4.78 is 39.7. The SMILES string of the molecule is CCC(C)NC(=O)C(CC)N(Cc1ccc(F)cc1)C(=O)CN(c1ccc(C)c(Cl)c1)S(C)(=O)=O. The van der Waals surface area contributed by atoms with Crippen LogP contribution in [0.25, 0.3) is 0 Å². The predicted molar refractivity (Wildman–Crippen MR) is 137 cm³/mol. The van der Waals surface area contributed by atoms with Crippen molar-refractivity contribution in [3.05, 3.63) is 64.4 Å². The number of carbonyl (C=O) groups excluding carboxylic acids is 2. The molecule has 0 heterocycles. The number of hydrogen-bond acceptors (Lipinski definition) is 4. The summed E-state index contributed by atoms with van der Waals surface area (Å²) in [7, 11) is -3.85. The minimum atomic E-state index is -3.85. The molecule has 0 radical (unpaired) electrons. The normalized spacial score (nSPS) is 13.1. The van der Waals surface area contributed by atoms with E-state index in [9.17, 15) is 22.4 Å². The van der Waals surface area contributed by atoms with Crippen LogP contribution in [0.3, 0.4) is 0 Å². The Balaban J connectivity index is 2.45. The van der Waals surface area contributed by atoms with Crippen LogP contribution in [0.15, 0.2) is 42.5 Å². The average Bonchev–Trinajstić information content (AvgIpc) is 2.79. The first kappa shape index (κ1) is 28.6. The van der Waals surface area contributed by atoms with Crippen LogP contribution in [-0.2, 0) is 26.2 Å². The molecule has 192 valence electrons. The minimum absolute atomic E-state index is 0.0117. The number of rotatable bonds is 11. The standard InChI is InChI=1S/C25H33ClFN3O4S/c1-6-18(4)28-25(32)23(7-2)29(15-19-9-11-20(27)12-10-19)24(31)16-30(35(5,33)34)21-13-8-17(3)22(26)14-21/h8-14,18,23H,6-7,15-16H2,1-5H3,(H,28,32). The number of hydrogen-bond donors (Lipinski definition) is 1. The predicted octanol–water partition coefficient (Wildman–Crippen LogP) is 4.28. The molecule has 0 bridgehead atoms. The molecule has 1 N–H and O–H groups in total. The molecule has 2 aromatic carbocycles. The van der Waals surface area contributed by atoms with Crippen molar-refractivity contribution in [1.29, 1.82) is 0 Å². The van der Waals surface area contributed by atoms with E-state index >= 15 is 0 Å². The molecule has 2 atom stereocenters. The molecule has 0 aliphatic rings. The second kappa shape index (κ2) is 12.4. The maximum absolute atomic E-state index is 13.6. The summed E-state index contributed by atoms with van der Waals surface area (Å²) in [6.45, 7) is 6.85. The fourth-order valence-electron chi connectivity index (χ4n) is 3.50. The van der Waals surface area contributed by atoms with E-state index in [0.29, 0.717) is 23.4 Å². The van der Waals surface area contributed by atoms with E-state index in [0.717, 1.165) is 16.1 Å². The third-order valence-electron chi connectivity index (χ3n) is 5.78. The van der Waals surface area contributed by atoms with E-state index in [-0.39, 0.29) is 24.2 Å². The number of nitrogens with one attached hydrogen (secondary N) is 1. The van der Waals surface area contributed by atoms with E-state index in [1.807, 2.05) is 13.8 Å². The smallest absolute Gasteiger partial charge is 0.244 e. The number of aryl methyl sites for hydroxylation is 1. The lowest BCUT2D eigenvalue weighted by Gasteiger charge is -2.33. The summed E-state index contributed by atoms with van der Waals surface area (Å²) >= 11 is 6.20. The van der Waals surface area contributed by atoms with Gasteiger partial charge in [0.05, 0.1) is 11.9 Å². The van der Waals surface area contributed by atoms with Gasteiger partial charge in [0.15, 0.2) is 0 Å². The van der Waals surface area contributed by atoms with Crippen molar-refractivity contribution >= 4 is 39.1 Å². The van der Waals surface area contributed by atoms with Gasteiger partial charge in [-0.05, 0) is 62.1 Å². The van der Waals surface area contributed by atoms with Crippen molar-refractivity contribution in [3.63, 3.8) is 0 Å². The van der Waals surface area contributed by atoms with Gasteiger partial charge in [0.1, 0.15) is 18.4 Å². The number of carbonyl (C=O) groups is 2. The Labute approximate surface area is 212 Å². The van der Waals surface area contributed by atoms with Crippen LogP contribution in [0.1, 0.15) is 44.7 Å². The molecule has 0 aromatic heterocycles. The van der Waals surface area contributed by atoms with Gasteiger partial charge in [-0.2, -0.15) is 0 Å². The largest absolute Gasteiger partial charge is 0.352 e. The van der Waals surface area contributed by atoms with Crippen molar-refractivity contribution in [3.8, 4) is 0 Å². The summed E-state index contributed by atoms with van der Waals surface area (Å²) in [4.78, 5) is 28.0. The summed E-state index contributed by atoms with van der Waals surface area (Å²) in [5.74, 6) is -1.32. The van der Waals surface area contributed by atoms with Crippen molar-refractivity contribution in [1.82, 2.24) is 10.2 Å². The Morgan fingerprint density at radius 3 is 2.23 bits per heavy atom. The first-order chi connectivity index (χ1) is 16.4. The molecule has 7 nitrogen and oxygen atoms in total. The molecule has 2 rings (SSSR count). The Hall–Kier alpha value is -2.65. The highest BCUT2D eigenvalue weighted by atomic mass is 35.5. The molecule has 2 unspecified atom stereocenters. The summed E-state index contributed by atoms with van der Waals surface area (Å²) in [5, 5.41) is 3.26. The highest BCUT2D eigenvalue weighted by Crippen LogP contribution is 2.25. The van der Waals surface area contributed by atoms with Crippen LogP contribution in [-0.4, -0.2) is 50.0 Å².